The van der Waals surface area contributed by atoms with Crippen LogP contribution in [0.3, 0.4) is 0 Å². The van der Waals surface area contributed by atoms with Gasteiger partial charge < -0.3 is 9.47 Å². The fraction of sp³-hybridized carbons (Fsp3) is 0.467. The van der Waals surface area contributed by atoms with Crippen molar-refractivity contribution in [3.63, 3.8) is 0 Å². The predicted molar refractivity (Wildman–Crippen MR) is 77.1 cm³/mol. The molecular weight excluding hydrogens is 280 g/mol. The SMILES string of the molecule is CCOC(=O)C(C)(C)C(=O)COc1cc(Cl)ccc1C. The van der Waals surface area contributed by atoms with E-state index in [9.17, 15) is 9.59 Å². The van der Waals surface area contributed by atoms with Gasteiger partial charge in [0.2, 0.25) is 0 Å². The molecule has 0 saturated carbocycles. The third kappa shape index (κ3) is 3.97. The Morgan fingerprint density at radius 2 is 1.95 bits per heavy atom. The molecule has 0 atom stereocenters. The lowest BCUT2D eigenvalue weighted by atomic mass is 9.88. The number of esters is 1. The van der Waals surface area contributed by atoms with Crippen molar-refractivity contribution in [1.29, 1.82) is 0 Å². The highest BCUT2D eigenvalue weighted by atomic mass is 35.5. The van der Waals surface area contributed by atoms with Crippen molar-refractivity contribution in [3.05, 3.63) is 28.8 Å². The normalized spacial score (nSPS) is 11.1. The third-order valence-corrected chi connectivity index (χ3v) is 3.23. The molecule has 0 aliphatic carbocycles. The smallest absolute Gasteiger partial charge is 0.319 e. The standard InChI is InChI=1S/C15H19ClO4/c1-5-19-14(18)15(3,4)13(17)9-20-12-8-11(16)7-6-10(12)2/h6-8H,5,9H2,1-4H3. The summed E-state index contributed by atoms with van der Waals surface area (Å²) < 4.78 is 10.3. The molecular formula is C15H19ClO4. The lowest BCUT2D eigenvalue weighted by Gasteiger charge is -2.21. The molecule has 0 spiro atoms. The highest BCUT2D eigenvalue weighted by molar-refractivity contribution is 6.30. The van der Waals surface area contributed by atoms with Crippen molar-refractivity contribution < 1.29 is 19.1 Å². The molecule has 0 aliphatic rings. The van der Waals surface area contributed by atoms with Crippen LogP contribution in [0.2, 0.25) is 5.02 Å². The summed E-state index contributed by atoms with van der Waals surface area (Å²) in [5, 5.41) is 0.530. The number of aryl methyl sites for hydroxylation is 1. The summed E-state index contributed by atoms with van der Waals surface area (Å²) in [6, 6.07) is 5.19. The lowest BCUT2D eigenvalue weighted by Crippen LogP contribution is -2.38. The molecule has 5 heteroatoms. The summed E-state index contributed by atoms with van der Waals surface area (Å²) in [6.07, 6.45) is 0. The summed E-state index contributed by atoms with van der Waals surface area (Å²) in [7, 11) is 0. The first-order valence-electron chi connectivity index (χ1n) is 6.38. The summed E-state index contributed by atoms with van der Waals surface area (Å²) in [6.45, 7) is 6.65. The van der Waals surface area contributed by atoms with Gasteiger partial charge in [-0.15, -0.1) is 0 Å². The van der Waals surface area contributed by atoms with E-state index in [4.69, 9.17) is 21.1 Å². The van der Waals surface area contributed by atoms with Gasteiger partial charge in [-0.1, -0.05) is 17.7 Å². The second-order valence-corrected chi connectivity index (χ2v) is 5.40. The van der Waals surface area contributed by atoms with Gasteiger partial charge in [-0.3, -0.25) is 9.59 Å². The first-order chi connectivity index (χ1) is 9.28. The number of carbonyl (C=O) groups excluding carboxylic acids is 2. The summed E-state index contributed by atoms with van der Waals surface area (Å²) >= 11 is 5.87. The third-order valence-electron chi connectivity index (χ3n) is 2.99. The largest absolute Gasteiger partial charge is 0.485 e. The fourth-order valence-corrected chi connectivity index (χ4v) is 1.64. The molecule has 1 rings (SSSR count). The number of Topliss-reactive ketones (excluding diaryl/α,β-unsaturated/α-hetero) is 1. The lowest BCUT2D eigenvalue weighted by molar-refractivity contribution is -0.158. The van der Waals surface area contributed by atoms with Gasteiger partial charge in [0.15, 0.2) is 5.78 Å². The van der Waals surface area contributed by atoms with Crippen molar-refractivity contribution in [2.45, 2.75) is 27.7 Å². The van der Waals surface area contributed by atoms with Gasteiger partial charge in [0.05, 0.1) is 6.61 Å². The van der Waals surface area contributed by atoms with Crippen molar-refractivity contribution >= 4 is 23.4 Å². The molecule has 0 N–H and O–H groups in total. The molecule has 4 nitrogen and oxygen atoms in total. The average molecular weight is 299 g/mol. The first kappa shape index (κ1) is 16.5. The zero-order chi connectivity index (χ0) is 15.3. The number of rotatable bonds is 6. The molecule has 0 unspecified atom stereocenters. The topological polar surface area (TPSA) is 52.6 Å². The van der Waals surface area contributed by atoms with Crippen molar-refractivity contribution in [1.82, 2.24) is 0 Å². The average Bonchev–Trinajstić information content (AvgIpc) is 2.39. The molecule has 0 aromatic heterocycles. The Labute approximate surface area is 124 Å². The van der Waals surface area contributed by atoms with Crippen LogP contribution in [0, 0.1) is 12.3 Å². The van der Waals surface area contributed by atoms with Gasteiger partial charge in [-0.2, -0.15) is 0 Å². The summed E-state index contributed by atoms with van der Waals surface area (Å²) in [5.41, 5.74) is -0.348. The van der Waals surface area contributed by atoms with E-state index < -0.39 is 11.4 Å². The van der Waals surface area contributed by atoms with E-state index in [1.54, 1.807) is 25.1 Å². The Balaban J connectivity index is 2.71. The zero-order valence-corrected chi connectivity index (χ0v) is 12.9. The minimum Gasteiger partial charge on any atom is -0.485 e. The quantitative estimate of drug-likeness (QED) is 0.598. The highest BCUT2D eigenvalue weighted by Crippen LogP contribution is 2.24. The van der Waals surface area contributed by atoms with Gasteiger partial charge in [0.1, 0.15) is 17.8 Å². The van der Waals surface area contributed by atoms with E-state index in [0.29, 0.717) is 10.8 Å². The fourth-order valence-electron chi connectivity index (χ4n) is 1.48. The molecule has 0 fully saturated rings. The van der Waals surface area contributed by atoms with Crippen LogP contribution in [-0.2, 0) is 14.3 Å². The van der Waals surface area contributed by atoms with E-state index in [1.165, 1.54) is 13.8 Å². The molecule has 1 aromatic rings. The maximum Gasteiger partial charge on any atom is 0.319 e. The molecule has 20 heavy (non-hydrogen) atoms. The van der Waals surface area contributed by atoms with Crippen LogP contribution in [0.15, 0.2) is 18.2 Å². The number of benzene rings is 1. The number of hydrogen-bond donors (Lipinski definition) is 0. The van der Waals surface area contributed by atoms with Crippen LogP contribution in [0.1, 0.15) is 26.3 Å². The number of hydrogen-bond acceptors (Lipinski definition) is 4. The monoisotopic (exact) mass is 298 g/mol. The van der Waals surface area contributed by atoms with Gasteiger partial charge >= 0.3 is 5.97 Å². The number of ketones is 1. The van der Waals surface area contributed by atoms with Crippen LogP contribution in [0.5, 0.6) is 5.75 Å². The number of ether oxygens (including phenoxy) is 2. The van der Waals surface area contributed by atoms with Crippen LogP contribution in [0.4, 0.5) is 0 Å². The maximum absolute atomic E-state index is 12.1. The van der Waals surface area contributed by atoms with Crippen LogP contribution in [0.25, 0.3) is 0 Å². The van der Waals surface area contributed by atoms with Crippen molar-refractivity contribution in [2.24, 2.45) is 5.41 Å². The first-order valence-corrected chi connectivity index (χ1v) is 6.76. The molecule has 0 amide bonds. The molecule has 110 valence electrons. The Morgan fingerprint density at radius 3 is 2.55 bits per heavy atom. The van der Waals surface area contributed by atoms with E-state index >= 15 is 0 Å². The predicted octanol–water partition coefficient (Wildman–Crippen LogP) is 3.19. The molecule has 0 aliphatic heterocycles. The molecule has 0 radical (unpaired) electrons. The van der Waals surface area contributed by atoms with Crippen molar-refractivity contribution in [3.8, 4) is 5.75 Å². The summed E-state index contributed by atoms with van der Waals surface area (Å²) in [4.78, 5) is 23.8. The minimum atomic E-state index is -1.22. The maximum atomic E-state index is 12.1. The Hall–Kier alpha value is -1.55. The van der Waals surface area contributed by atoms with E-state index in [0.717, 1.165) is 5.56 Å². The van der Waals surface area contributed by atoms with Crippen LogP contribution < -0.4 is 4.74 Å². The van der Waals surface area contributed by atoms with E-state index in [1.807, 2.05) is 6.92 Å². The van der Waals surface area contributed by atoms with Crippen LogP contribution >= 0.6 is 11.6 Å². The zero-order valence-electron chi connectivity index (χ0n) is 12.2. The highest BCUT2D eigenvalue weighted by Gasteiger charge is 2.37. The Morgan fingerprint density at radius 1 is 1.30 bits per heavy atom. The minimum absolute atomic E-state index is 0.201. The van der Waals surface area contributed by atoms with E-state index in [-0.39, 0.29) is 19.0 Å². The molecule has 1 aromatic carbocycles. The van der Waals surface area contributed by atoms with Gasteiger partial charge in [0.25, 0.3) is 0 Å². The number of carbonyl (C=O) groups is 2. The van der Waals surface area contributed by atoms with Crippen molar-refractivity contribution in [2.75, 3.05) is 13.2 Å². The molecule has 0 saturated heterocycles. The van der Waals surface area contributed by atoms with Gasteiger partial charge in [0, 0.05) is 5.02 Å². The van der Waals surface area contributed by atoms with E-state index in [2.05, 4.69) is 0 Å². The second kappa shape index (κ2) is 6.75. The van der Waals surface area contributed by atoms with Gasteiger partial charge in [-0.05, 0) is 45.4 Å². The number of halogens is 1. The Kier molecular flexibility index (Phi) is 5.57. The summed E-state index contributed by atoms with van der Waals surface area (Å²) in [5.74, 6) is -0.350. The molecule has 0 heterocycles. The molecule has 0 bridgehead atoms. The van der Waals surface area contributed by atoms with Crippen LogP contribution in [-0.4, -0.2) is 25.0 Å². The van der Waals surface area contributed by atoms with Gasteiger partial charge in [-0.25, -0.2) is 0 Å². The Bertz CT molecular complexity index is 509. The second-order valence-electron chi connectivity index (χ2n) is 4.97.